The molecule has 3 aromatic heterocycles. The molecule has 1 saturated heterocycles. The second-order valence-electron chi connectivity index (χ2n) is 9.54. The van der Waals surface area contributed by atoms with Crippen LogP contribution in [0.3, 0.4) is 0 Å². The topological polar surface area (TPSA) is 83.9 Å². The number of hydrogen-bond acceptors (Lipinski definition) is 7. The van der Waals surface area contributed by atoms with Gasteiger partial charge in [0.05, 0.1) is 36.2 Å². The molecule has 1 N–H and O–H groups in total. The standard InChI is InChI=1S/C28H29FN6O/c1-18(2)35-9-7-23(8-10-35)33-28-17-30-15-26(34-28)21-11-20-12-24(31-16-25(20)32-14-21)13-27(36)19-3-5-22(29)6-4-19/h3-6,11-12,14-18,23H,7-10,13H2,1-2H3,(H,33,34). The summed E-state index contributed by atoms with van der Waals surface area (Å²) in [4.78, 5) is 33.2. The minimum atomic E-state index is -0.368. The molecule has 0 aliphatic carbocycles. The van der Waals surface area contributed by atoms with E-state index in [1.165, 1.54) is 24.3 Å². The quantitative estimate of drug-likeness (QED) is 0.372. The second-order valence-corrected chi connectivity index (χ2v) is 9.54. The van der Waals surface area contributed by atoms with Gasteiger partial charge in [-0.2, -0.15) is 0 Å². The number of anilines is 1. The number of nitrogens with one attached hydrogen (secondary N) is 1. The van der Waals surface area contributed by atoms with Crippen molar-refractivity contribution >= 4 is 22.5 Å². The van der Waals surface area contributed by atoms with Gasteiger partial charge in [0.2, 0.25) is 0 Å². The first kappa shape index (κ1) is 23.9. The highest BCUT2D eigenvalue weighted by atomic mass is 19.1. The number of piperidine rings is 1. The van der Waals surface area contributed by atoms with E-state index in [0.717, 1.165) is 53.9 Å². The lowest BCUT2D eigenvalue weighted by atomic mass is 10.0. The van der Waals surface area contributed by atoms with Crippen LogP contribution in [0.15, 0.2) is 61.2 Å². The Morgan fingerprint density at radius 3 is 2.58 bits per heavy atom. The third kappa shape index (κ3) is 5.54. The number of likely N-dealkylation sites (tertiary alicyclic amines) is 1. The number of pyridine rings is 2. The van der Waals surface area contributed by atoms with Crippen LogP contribution < -0.4 is 5.32 Å². The Hall–Kier alpha value is -3.78. The number of carbonyl (C=O) groups is 1. The smallest absolute Gasteiger partial charge is 0.168 e. The summed E-state index contributed by atoms with van der Waals surface area (Å²) in [6, 6.07) is 10.4. The fourth-order valence-electron chi connectivity index (χ4n) is 4.56. The first-order chi connectivity index (χ1) is 17.4. The first-order valence-corrected chi connectivity index (χ1v) is 12.3. The van der Waals surface area contributed by atoms with Gasteiger partial charge in [-0.05, 0) is 63.1 Å². The Balaban J connectivity index is 1.31. The Kier molecular flexibility index (Phi) is 6.95. The maximum Gasteiger partial charge on any atom is 0.168 e. The van der Waals surface area contributed by atoms with Crippen LogP contribution in [0.5, 0.6) is 0 Å². The van der Waals surface area contributed by atoms with Gasteiger partial charge >= 0.3 is 0 Å². The van der Waals surface area contributed by atoms with Crippen molar-refractivity contribution < 1.29 is 9.18 Å². The van der Waals surface area contributed by atoms with Gasteiger partial charge in [-0.3, -0.25) is 19.7 Å². The van der Waals surface area contributed by atoms with Gasteiger partial charge < -0.3 is 10.2 Å². The van der Waals surface area contributed by atoms with Gasteiger partial charge in [0.1, 0.15) is 11.6 Å². The second kappa shape index (κ2) is 10.5. The molecular formula is C28H29FN6O. The number of hydrogen-bond donors (Lipinski definition) is 1. The fourth-order valence-corrected chi connectivity index (χ4v) is 4.56. The highest BCUT2D eigenvalue weighted by Crippen LogP contribution is 2.23. The number of rotatable bonds is 7. The number of fused-ring (bicyclic) bond motifs is 1. The lowest BCUT2D eigenvalue weighted by Gasteiger charge is -2.35. The zero-order valence-electron chi connectivity index (χ0n) is 20.5. The van der Waals surface area contributed by atoms with Crippen molar-refractivity contribution in [1.29, 1.82) is 0 Å². The molecule has 184 valence electrons. The SMILES string of the molecule is CC(C)N1CCC(Nc2cncc(-c3cnc4cnc(CC(=O)c5ccc(F)cc5)cc4c3)n2)CC1. The Morgan fingerprint density at radius 1 is 1.06 bits per heavy atom. The number of carbonyl (C=O) groups excluding carboxylic acids is 1. The molecule has 0 atom stereocenters. The largest absolute Gasteiger partial charge is 0.366 e. The van der Waals surface area contributed by atoms with Crippen molar-refractivity contribution in [1.82, 2.24) is 24.8 Å². The van der Waals surface area contributed by atoms with Crippen molar-refractivity contribution in [3.05, 3.63) is 78.3 Å². The van der Waals surface area contributed by atoms with Crippen LogP contribution in [0.4, 0.5) is 10.2 Å². The minimum absolute atomic E-state index is 0.116. The van der Waals surface area contributed by atoms with E-state index in [1.54, 1.807) is 24.8 Å². The van der Waals surface area contributed by atoms with Crippen molar-refractivity contribution in [3.8, 4) is 11.3 Å². The molecule has 7 nitrogen and oxygen atoms in total. The zero-order chi connectivity index (χ0) is 25.1. The molecule has 0 saturated carbocycles. The Morgan fingerprint density at radius 2 is 1.83 bits per heavy atom. The normalized spacial score (nSPS) is 14.9. The van der Waals surface area contributed by atoms with Gasteiger partial charge in [0, 0.05) is 53.6 Å². The number of benzene rings is 1. The molecule has 0 spiro atoms. The van der Waals surface area contributed by atoms with E-state index in [4.69, 9.17) is 4.98 Å². The molecule has 0 bridgehead atoms. The van der Waals surface area contributed by atoms with Crippen molar-refractivity contribution in [2.24, 2.45) is 0 Å². The highest BCUT2D eigenvalue weighted by Gasteiger charge is 2.21. The summed E-state index contributed by atoms with van der Waals surface area (Å²) in [5, 5.41) is 4.41. The summed E-state index contributed by atoms with van der Waals surface area (Å²) in [5.74, 6) is 0.276. The Labute approximate surface area is 209 Å². The third-order valence-electron chi connectivity index (χ3n) is 6.67. The summed E-state index contributed by atoms with van der Waals surface area (Å²) < 4.78 is 13.2. The molecule has 1 fully saturated rings. The molecule has 1 aliphatic heterocycles. The molecular weight excluding hydrogens is 455 g/mol. The van der Waals surface area contributed by atoms with E-state index in [2.05, 4.69) is 39.0 Å². The van der Waals surface area contributed by atoms with E-state index in [1.807, 2.05) is 12.1 Å². The molecule has 0 amide bonds. The van der Waals surface area contributed by atoms with Crippen LogP contribution in [0.25, 0.3) is 22.2 Å². The maximum absolute atomic E-state index is 13.2. The summed E-state index contributed by atoms with van der Waals surface area (Å²) in [6.07, 6.45) is 9.20. The number of Topliss-reactive ketones (excluding diaryl/α,β-unsaturated/α-hetero) is 1. The predicted molar refractivity (Wildman–Crippen MR) is 138 cm³/mol. The van der Waals surface area contributed by atoms with Crippen LogP contribution in [-0.4, -0.2) is 55.8 Å². The summed E-state index contributed by atoms with van der Waals surface area (Å²) in [7, 11) is 0. The lowest BCUT2D eigenvalue weighted by Crippen LogP contribution is -2.42. The number of halogens is 1. The molecule has 1 aromatic carbocycles. The molecule has 0 radical (unpaired) electrons. The van der Waals surface area contributed by atoms with Gasteiger partial charge in [-0.15, -0.1) is 0 Å². The van der Waals surface area contributed by atoms with Gasteiger partial charge in [0.25, 0.3) is 0 Å². The van der Waals surface area contributed by atoms with Crippen LogP contribution in [0.1, 0.15) is 42.7 Å². The average molecular weight is 485 g/mol. The van der Waals surface area contributed by atoms with Crippen LogP contribution in [-0.2, 0) is 6.42 Å². The monoisotopic (exact) mass is 484 g/mol. The molecule has 4 aromatic rings. The molecule has 1 aliphatic rings. The van der Waals surface area contributed by atoms with E-state index >= 15 is 0 Å². The van der Waals surface area contributed by atoms with Crippen molar-refractivity contribution in [2.75, 3.05) is 18.4 Å². The maximum atomic E-state index is 13.2. The molecule has 5 rings (SSSR count). The van der Waals surface area contributed by atoms with E-state index in [0.29, 0.717) is 23.3 Å². The number of aromatic nitrogens is 4. The molecule has 8 heteroatoms. The summed E-state index contributed by atoms with van der Waals surface area (Å²) in [6.45, 7) is 6.64. The molecule has 0 unspecified atom stereocenters. The third-order valence-corrected chi connectivity index (χ3v) is 6.67. The van der Waals surface area contributed by atoms with E-state index < -0.39 is 0 Å². The van der Waals surface area contributed by atoms with Gasteiger partial charge in [-0.25, -0.2) is 9.37 Å². The summed E-state index contributed by atoms with van der Waals surface area (Å²) in [5.41, 5.74) is 3.39. The predicted octanol–water partition coefficient (Wildman–Crippen LogP) is 4.94. The first-order valence-electron chi connectivity index (χ1n) is 12.3. The Bertz CT molecular complexity index is 1370. The molecule has 4 heterocycles. The zero-order valence-corrected chi connectivity index (χ0v) is 20.5. The number of nitrogens with zero attached hydrogens (tertiary/aromatic N) is 5. The number of ketones is 1. The van der Waals surface area contributed by atoms with E-state index in [9.17, 15) is 9.18 Å². The van der Waals surface area contributed by atoms with E-state index in [-0.39, 0.29) is 18.0 Å². The van der Waals surface area contributed by atoms with Crippen LogP contribution >= 0.6 is 0 Å². The van der Waals surface area contributed by atoms with Gasteiger partial charge in [0.15, 0.2) is 5.78 Å². The van der Waals surface area contributed by atoms with Crippen molar-refractivity contribution in [2.45, 2.75) is 45.2 Å². The average Bonchev–Trinajstić information content (AvgIpc) is 2.89. The lowest BCUT2D eigenvalue weighted by molar-refractivity contribution is 0.0992. The summed E-state index contributed by atoms with van der Waals surface area (Å²) >= 11 is 0. The van der Waals surface area contributed by atoms with Crippen LogP contribution in [0, 0.1) is 5.82 Å². The highest BCUT2D eigenvalue weighted by molar-refractivity contribution is 5.97. The van der Waals surface area contributed by atoms with Gasteiger partial charge in [-0.1, -0.05) is 0 Å². The minimum Gasteiger partial charge on any atom is -0.366 e. The fraction of sp³-hybridized carbons (Fsp3) is 0.321. The molecule has 36 heavy (non-hydrogen) atoms. The van der Waals surface area contributed by atoms with Crippen molar-refractivity contribution in [3.63, 3.8) is 0 Å². The van der Waals surface area contributed by atoms with Crippen LogP contribution in [0.2, 0.25) is 0 Å².